The Morgan fingerprint density at radius 2 is 0.889 bits per heavy atom. The average molecular weight is 1170 g/mol. The van der Waals surface area contributed by atoms with E-state index < -0.39 is 18.5 Å². The van der Waals surface area contributed by atoms with Gasteiger partial charge < -0.3 is 50.2 Å². The molecule has 9 aromatic heterocycles. The van der Waals surface area contributed by atoms with Crippen LogP contribution in [0.2, 0.25) is 20.2 Å². The molecule has 410 valence electrons. The maximum Gasteiger partial charge on any atom is 0.343 e. The predicted octanol–water partition coefficient (Wildman–Crippen LogP) is 10.9. The lowest BCUT2D eigenvalue weighted by molar-refractivity contribution is -0.143. The summed E-state index contributed by atoms with van der Waals surface area (Å²) in [5.74, 6) is 0.669. The van der Waals surface area contributed by atoms with E-state index in [-0.39, 0.29) is 36.5 Å². The maximum absolute atomic E-state index is 11.5. The Morgan fingerprint density at radius 3 is 1.28 bits per heavy atom. The van der Waals surface area contributed by atoms with Crippen molar-refractivity contribution in [2.24, 2.45) is 0 Å². The second kappa shape index (κ2) is 24.3. The van der Waals surface area contributed by atoms with E-state index >= 15 is 0 Å². The number of nitrogens with one attached hydrogen (secondary N) is 6. The summed E-state index contributed by atoms with van der Waals surface area (Å²) in [6, 6.07) is 21.7. The molecule has 24 nitrogen and oxygen atoms in total. The van der Waals surface area contributed by atoms with E-state index in [1.807, 2.05) is 75.4 Å². The van der Waals surface area contributed by atoms with Gasteiger partial charge in [0.25, 0.3) is 0 Å². The number of esters is 1. The summed E-state index contributed by atoms with van der Waals surface area (Å²) < 4.78 is 15.7. The van der Waals surface area contributed by atoms with E-state index in [4.69, 9.17) is 61.0 Å². The number of fused-ring (bicyclic) bond motifs is 6. The Labute approximate surface area is 477 Å². The number of hydrogen-bond donors (Lipinski definition) is 7. The summed E-state index contributed by atoms with van der Waals surface area (Å²) >= 11 is 25.2. The summed E-state index contributed by atoms with van der Waals surface area (Å²) in [5.41, 5.74) is 5.97. The van der Waals surface area contributed by atoms with Crippen molar-refractivity contribution in [2.45, 2.75) is 38.9 Å². The third-order valence-corrected chi connectivity index (χ3v) is 13.5. The van der Waals surface area contributed by atoms with E-state index in [2.05, 4.69) is 95.4 Å². The summed E-state index contributed by atoms with van der Waals surface area (Å²) in [5, 5.41) is 25.3. The van der Waals surface area contributed by atoms with Gasteiger partial charge in [-0.1, -0.05) is 82.8 Å². The van der Waals surface area contributed by atoms with Crippen molar-refractivity contribution in [2.75, 3.05) is 36.3 Å². The minimum atomic E-state index is -1.10. The number of rotatable bonds is 15. The Balaban J connectivity index is 0.000000137. The molecule has 0 fully saturated rings. The summed E-state index contributed by atoms with van der Waals surface area (Å²) in [7, 11) is 1.30. The third-order valence-electron chi connectivity index (χ3n) is 12.3. The molecule has 3 aromatic carbocycles. The normalized spacial score (nSPS) is 12.3. The van der Waals surface area contributed by atoms with E-state index in [0.717, 1.165) is 32.8 Å². The molecule has 12 rings (SSSR count). The first-order valence-electron chi connectivity index (χ1n) is 24.4. The highest BCUT2D eigenvalue weighted by molar-refractivity contribution is 6.41. The van der Waals surface area contributed by atoms with Crippen molar-refractivity contribution in [3.8, 4) is 11.8 Å². The number of pyridine rings is 3. The first-order chi connectivity index (χ1) is 39.2. The Morgan fingerprint density at radius 1 is 0.519 bits per heavy atom. The first-order valence-corrected chi connectivity index (χ1v) is 25.9. The second-order valence-corrected chi connectivity index (χ2v) is 19.3. The number of H-pyrrole nitrogens is 3. The highest BCUT2D eigenvalue weighted by Crippen LogP contribution is 2.36. The number of aromatic amines is 3. The summed E-state index contributed by atoms with van der Waals surface area (Å²) in [6.07, 6.45) is 9.03. The number of carbonyl (C=O) groups excluding carboxylic acids is 1. The van der Waals surface area contributed by atoms with Crippen molar-refractivity contribution < 1.29 is 28.9 Å². The Bertz CT molecular complexity index is 4280. The molecule has 3 atom stereocenters. The molecule has 0 unspecified atom stereocenters. The van der Waals surface area contributed by atoms with Gasteiger partial charge in [-0.3, -0.25) is 0 Å². The van der Waals surface area contributed by atoms with Crippen LogP contribution in [0.15, 0.2) is 111 Å². The lowest BCUT2D eigenvalue weighted by atomic mass is 10.1. The second-order valence-electron chi connectivity index (χ2n) is 17.7. The van der Waals surface area contributed by atoms with Gasteiger partial charge >= 0.3 is 11.9 Å². The number of ether oxygens (including phenoxy) is 3. The van der Waals surface area contributed by atoms with E-state index in [1.54, 1.807) is 37.2 Å². The van der Waals surface area contributed by atoms with E-state index in [1.165, 1.54) is 26.1 Å². The SMILES string of the molecule is COC(=O)COc1nc([C@H](C)Nc2ncnc3nc[nH]c23)cc2cccc(Cl)c12.C[C@H](Nc1ncnc2nc[nH]c12)c1cc2cccc(Cl)c2c(Cl)n1.C[C@H](Nc1ncnc2nc[nH]c12)c1cc2cccc(Cl)c2c(OCC(=O)O)n1. The van der Waals surface area contributed by atoms with E-state index in [0.29, 0.717) is 87.8 Å². The molecule has 28 heteroatoms. The molecule has 12 aromatic rings. The van der Waals surface area contributed by atoms with Gasteiger partial charge in [-0.2, -0.15) is 0 Å². The molecule has 0 aliphatic carbocycles. The van der Waals surface area contributed by atoms with Crippen LogP contribution in [0.5, 0.6) is 11.8 Å². The number of aliphatic carboxylic acids is 1. The molecule has 0 aliphatic heterocycles. The number of imidazole rings is 3. The van der Waals surface area contributed by atoms with Crippen molar-refractivity contribution in [1.82, 2.24) is 74.8 Å². The largest absolute Gasteiger partial charge is 0.479 e. The fourth-order valence-electron chi connectivity index (χ4n) is 8.39. The topological polar surface area (TPSA) is 320 Å². The molecular formula is C53H44Cl4N18O6. The number of aromatic nitrogens is 15. The maximum atomic E-state index is 11.5. The molecule has 81 heavy (non-hydrogen) atoms. The fraction of sp³-hybridized carbons (Fsp3) is 0.170. The summed E-state index contributed by atoms with van der Waals surface area (Å²) in [4.78, 5) is 82.5. The number of carboxylic acids is 1. The highest BCUT2D eigenvalue weighted by Gasteiger charge is 2.21. The number of anilines is 3. The van der Waals surface area contributed by atoms with Gasteiger partial charge in [0.15, 0.2) is 47.6 Å². The number of benzene rings is 3. The van der Waals surface area contributed by atoms with Gasteiger partial charge in [-0.05, 0) is 73.3 Å². The van der Waals surface area contributed by atoms with Gasteiger partial charge in [0.2, 0.25) is 11.8 Å². The zero-order chi connectivity index (χ0) is 56.7. The molecule has 7 N–H and O–H groups in total. The van der Waals surface area contributed by atoms with Crippen LogP contribution in [0.25, 0.3) is 65.8 Å². The van der Waals surface area contributed by atoms with Crippen LogP contribution in [0, 0.1) is 0 Å². The van der Waals surface area contributed by atoms with Crippen molar-refractivity contribution >= 4 is 142 Å². The third kappa shape index (κ3) is 12.3. The molecule has 0 aliphatic rings. The zero-order valence-corrected chi connectivity index (χ0v) is 45.9. The average Bonchev–Trinajstić information content (AvgIpc) is 4.45. The monoisotopic (exact) mass is 1170 g/mol. The number of carbonyl (C=O) groups is 2. The zero-order valence-electron chi connectivity index (χ0n) is 42.9. The highest BCUT2D eigenvalue weighted by atomic mass is 35.5. The molecule has 0 saturated carbocycles. The molecule has 9 heterocycles. The van der Waals surface area contributed by atoms with Crippen molar-refractivity contribution in [1.29, 1.82) is 0 Å². The van der Waals surface area contributed by atoms with Gasteiger partial charge in [-0.25, -0.2) is 69.4 Å². The lowest BCUT2D eigenvalue weighted by Crippen LogP contribution is -2.15. The van der Waals surface area contributed by atoms with Crippen LogP contribution in [-0.2, 0) is 14.3 Å². The molecule has 0 saturated heterocycles. The smallest absolute Gasteiger partial charge is 0.343 e. The minimum absolute atomic E-state index is 0.118. The molecule has 0 spiro atoms. The summed E-state index contributed by atoms with van der Waals surface area (Å²) in [6.45, 7) is 5.05. The van der Waals surface area contributed by atoms with Crippen LogP contribution in [0.1, 0.15) is 56.0 Å². The number of hydrogen-bond acceptors (Lipinski definition) is 20. The number of halogens is 4. The number of methoxy groups -OCH3 is 1. The predicted molar refractivity (Wildman–Crippen MR) is 307 cm³/mol. The Hall–Kier alpha value is -9.36. The Kier molecular flexibility index (Phi) is 16.5. The standard InChI is InChI=1S/C19H17ClN6O3.C18H15ClN6O3.C16H12Cl2N6/c1-10(25-18-16-17(22-8-21-16)23-9-24-18)13-6-11-4-3-5-12(20)15(11)19(26-13)29-7-14(27)28-2;1-9(24-17-15-16(21-7-20-15)22-8-23-17)12-5-10-3-2-4-11(19)14(10)18(25-12)28-6-13(26)27;1-8(23-16-13-15(20-6-19-13)21-7-22-16)11-5-9-3-2-4-10(17)12(9)14(18)24-11/h3-6,8-10H,7H2,1-2H3,(H2,21,22,23,24,25);2-5,7-9H,6H2,1H3,(H,26,27)(H2,20,21,22,23,24);2-8H,1H3,(H2,19,20,21,22,23)/t10-;9-;8-/m000/s1. The van der Waals surface area contributed by atoms with Crippen LogP contribution in [-0.4, -0.2) is 112 Å². The van der Waals surface area contributed by atoms with Crippen molar-refractivity contribution in [3.05, 3.63) is 148 Å². The lowest BCUT2D eigenvalue weighted by Gasteiger charge is -2.17. The molecular weight excluding hydrogens is 1130 g/mol. The van der Waals surface area contributed by atoms with Crippen LogP contribution in [0.3, 0.4) is 0 Å². The first kappa shape index (κ1) is 55.0. The minimum Gasteiger partial charge on any atom is -0.479 e. The fourth-order valence-corrected chi connectivity index (χ4v) is 9.55. The molecule has 0 bridgehead atoms. The molecule has 0 radical (unpaired) electrons. The van der Waals surface area contributed by atoms with Crippen LogP contribution >= 0.6 is 46.4 Å². The van der Waals surface area contributed by atoms with E-state index in [9.17, 15) is 9.59 Å². The van der Waals surface area contributed by atoms with Crippen LogP contribution in [0.4, 0.5) is 17.5 Å². The van der Waals surface area contributed by atoms with Gasteiger partial charge in [-0.15, -0.1) is 0 Å². The number of nitrogens with zero attached hydrogens (tertiary/aromatic N) is 12. The van der Waals surface area contributed by atoms with Gasteiger partial charge in [0, 0.05) is 5.39 Å². The quantitative estimate of drug-likeness (QED) is 0.0370. The molecule has 0 amide bonds. The van der Waals surface area contributed by atoms with Gasteiger partial charge in [0.1, 0.15) is 40.7 Å². The van der Waals surface area contributed by atoms with Crippen molar-refractivity contribution in [3.63, 3.8) is 0 Å². The number of carboxylic acid groups (broad SMARTS) is 1. The van der Waals surface area contributed by atoms with Gasteiger partial charge in [0.05, 0.1) is 87.1 Å². The van der Waals surface area contributed by atoms with Crippen LogP contribution < -0.4 is 25.4 Å².